The van der Waals surface area contributed by atoms with Crippen molar-refractivity contribution >= 4 is 28.3 Å². The minimum absolute atomic E-state index is 0.0941. The number of hydrogen-bond acceptors (Lipinski definition) is 4. The molecule has 0 spiro atoms. The van der Waals surface area contributed by atoms with Gasteiger partial charge in [-0.05, 0) is 23.8 Å². The van der Waals surface area contributed by atoms with Gasteiger partial charge in [-0.3, -0.25) is 4.79 Å². The summed E-state index contributed by atoms with van der Waals surface area (Å²) in [6.07, 6.45) is 1.78. The lowest BCUT2D eigenvalue weighted by atomic mass is 10.2. The number of benzene rings is 2. The Labute approximate surface area is 138 Å². The number of nitrogens with zero attached hydrogens (tertiary/aromatic N) is 3. The number of hydrogen-bond donors (Lipinski definition) is 1. The van der Waals surface area contributed by atoms with E-state index in [0.717, 1.165) is 11.3 Å². The van der Waals surface area contributed by atoms with Crippen LogP contribution in [0.5, 0.6) is 0 Å². The lowest BCUT2D eigenvalue weighted by Crippen LogP contribution is -2.31. The van der Waals surface area contributed by atoms with Crippen LogP contribution in [0.1, 0.15) is 5.56 Å². The van der Waals surface area contributed by atoms with Gasteiger partial charge in [-0.1, -0.05) is 24.3 Å². The van der Waals surface area contributed by atoms with E-state index >= 15 is 0 Å². The van der Waals surface area contributed by atoms with Gasteiger partial charge in [0.25, 0.3) is 0 Å². The Balaban J connectivity index is 1.51. The summed E-state index contributed by atoms with van der Waals surface area (Å²) in [6.45, 7) is 1.04. The molecular formula is C18H15FN4O. The van der Waals surface area contributed by atoms with Crippen LogP contribution in [0.25, 0.3) is 10.9 Å². The first kappa shape index (κ1) is 14.6. The van der Waals surface area contributed by atoms with Gasteiger partial charge in [0, 0.05) is 24.2 Å². The van der Waals surface area contributed by atoms with Gasteiger partial charge in [0.15, 0.2) is 0 Å². The molecule has 24 heavy (non-hydrogen) atoms. The molecule has 0 saturated carbocycles. The Kier molecular flexibility index (Phi) is 3.57. The van der Waals surface area contributed by atoms with E-state index in [1.807, 2.05) is 24.3 Å². The second-order valence-electron chi connectivity index (χ2n) is 5.64. The maximum atomic E-state index is 13.8. The van der Waals surface area contributed by atoms with Gasteiger partial charge >= 0.3 is 0 Å². The summed E-state index contributed by atoms with van der Waals surface area (Å²) in [6, 6.07) is 12.6. The minimum Gasteiger partial charge on any atom is -0.368 e. The highest BCUT2D eigenvalue weighted by Gasteiger charge is 2.26. The van der Waals surface area contributed by atoms with E-state index in [-0.39, 0.29) is 17.2 Å². The topological polar surface area (TPSA) is 58.1 Å². The lowest BCUT2D eigenvalue weighted by Gasteiger charge is -2.18. The smallest absolute Gasteiger partial charge is 0.231 e. The number of amides is 1. The van der Waals surface area contributed by atoms with Gasteiger partial charge in [0.2, 0.25) is 5.91 Å². The van der Waals surface area contributed by atoms with Gasteiger partial charge < -0.3 is 10.2 Å². The number of rotatable bonds is 4. The van der Waals surface area contributed by atoms with Crippen molar-refractivity contribution in [1.82, 2.24) is 9.97 Å². The van der Waals surface area contributed by atoms with Crippen molar-refractivity contribution in [3.05, 3.63) is 60.2 Å². The van der Waals surface area contributed by atoms with Crippen LogP contribution in [0, 0.1) is 5.82 Å². The van der Waals surface area contributed by atoms with Gasteiger partial charge in [0.05, 0.1) is 6.42 Å². The van der Waals surface area contributed by atoms with Crippen LogP contribution in [0.4, 0.5) is 15.9 Å². The van der Waals surface area contributed by atoms with Crippen molar-refractivity contribution in [3.63, 3.8) is 0 Å². The molecule has 0 fully saturated rings. The molecule has 1 amide bonds. The molecular weight excluding hydrogens is 307 g/mol. The van der Waals surface area contributed by atoms with E-state index in [4.69, 9.17) is 0 Å². The summed E-state index contributed by atoms with van der Waals surface area (Å²) in [7, 11) is 0. The molecule has 0 unspecified atom stereocenters. The lowest BCUT2D eigenvalue weighted by molar-refractivity contribution is -0.117. The second-order valence-corrected chi connectivity index (χ2v) is 5.64. The van der Waals surface area contributed by atoms with Crippen LogP contribution in [0.15, 0.2) is 48.8 Å². The molecule has 0 radical (unpaired) electrons. The highest BCUT2D eigenvalue weighted by atomic mass is 19.1. The number of fused-ring (bicyclic) bond motifs is 2. The van der Waals surface area contributed by atoms with Crippen LogP contribution in [-0.4, -0.2) is 29.0 Å². The third kappa shape index (κ3) is 2.46. The van der Waals surface area contributed by atoms with Crippen LogP contribution in [0.3, 0.4) is 0 Å². The zero-order valence-electron chi connectivity index (χ0n) is 12.9. The molecule has 0 atom stereocenters. The number of carbonyl (C=O) groups is 1. The fourth-order valence-electron chi connectivity index (χ4n) is 3.04. The summed E-state index contributed by atoms with van der Waals surface area (Å²) in [5, 5.41) is 3.81. The molecule has 0 saturated heterocycles. The van der Waals surface area contributed by atoms with Crippen LogP contribution >= 0.6 is 0 Å². The quantitative estimate of drug-likeness (QED) is 0.802. The van der Waals surface area contributed by atoms with Crippen LogP contribution in [0.2, 0.25) is 0 Å². The first-order chi connectivity index (χ1) is 11.7. The molecule has 2 heterocycles. The molecule has 1 aliphatic rings. The van der Waals surface area contributed by atoms with Crippen molar-refractivity contribution in [1.29, 1.82) is 0 Å². The van der Waals surface area contributed by atoms with E-state index in [9.17, 15) is 9.18 Å². The predicted molar refractivity (Wildman–Crippen MR) is 90.5 cm³/mol. The normalized spacial score (nSPS) is 13.4. The number of halogens is 1. The van der Waals surface area contributed by atoms with Gasteiger partial charge in [0.1, 0.15) is 23.5 Å². The fraction of sp³-hybridized carbons (Fsp3) is 0.167. The molecule has 4 rings (SSSR count). The number of para-hydroxylation sites is 2. The Bertz CT molecular complexity index is 928. The van der Waals surface area contributed by atoms with E-state index in [1.165, 1.54) is 12.4 Å². The molecule has 120 valence electrons. The summed E-state index contributed by atoms with van der Waals surface area (Å²) in [5.41, 5.74) is 2.30. The zero-order valence-corrected chi connectivity index (χ0v) is 12.9. The first-order valence-corrected chi connectivity index (χ1v) is 7.75. The SMILES string of the molecule is O=C1Cc2ccccc2N1CCNc1ncnc2c(F)cccc12. The third-order valence-corrected chi connectivity index (χ3v) is 4.17. The van der Waals surface area contributed by atoms with Gasteiger partial charge in [-0.15, -0.1) is 0 Å². The van der Waals surface area contributed by atoms with E-state index in [0.29, 0.717) is 30.7 Å². The van der Waals surface area contributed by atoms with E-state index < -0.39 is 0 Å². The average Bonchev–Trinajstić information content (AvgIpc) is 2.91. The largest absolute Gasteiger partial charge is 0.368 e. The van der Waals surface area contributed by atoms with Crippen molar-refractivity contribution in [2.24, 2.45) is 0 Å². The molecule has 5 nitrogen and oxygen atoms in total. The maximum Gasteiger partial charge on any atom is 0.231 e. The molecule has 0 bridgehead atoms. The number of nitrogens with one attached hydrogen (secondary N) is 1. The maximum absolute atomic E-state index is 13.8. The predicted octanol–water partition coefficient (Wildman–Crippen LogP) is 2.77. The van der Waals surface area contributed by atoms with E-state index in [1.54, 1.807) is 17.0 Å². The number of carbonyl (C=O) groups excluding carboxylic acids is 1. The summed E-state index contributed by atoms with van der Waals surface area (Å²) in [4.78, 5) is 22.1. The molecule has 2 aromatic carbocycles. The molecule has 0 aliphatic carbocycles. The third-order valence-electron chi connectivity index (χ3n) is 4.17. The minimum atomic E-state index is -0.374. The molecule has 3 aromatic rings. The Morgan fingerprint density at radius 3 is 2.92 bits per heavy atom. The molecule has 1 aliphatic heterocycles. The van der Waals surface area contributed by atoms with Gasteiger partial charge in [-0.25, -0.2) is 14.4 Å². The number of aromatic nitrogens is 2. The molecule has 1 N–H and O–H groups in total. The Hall–Kier alpha value is -3.02. The molecule has 1 aromatic heterocycles. The standard InChI is InChI=1S/C18H15FN4O/c19-14-6-3-5-13-17(14)21-11-22-18(13)20-8-9-23-15-7-2-1-4-12(15)10-16(23)24/h1-7,11H,8-10H2,(H,20,21,22). The summed E-state index contributed by atoms with van der Waals surface area (Å²) >= 11 is 0. The zero-order chi connectivity index (χ0) is 16.5. The van der Waals surface area contributed by atoms with Crippen molar-refractivity contribution in [2.45, 2.75) is 6.42 Å². The first-order valence-electron chi connectivity index (χ1n) is 7.75. The van der Waals surface area contributed by atoms with Gasteiger partial charge in [-0.2, -0.15) is 0 Å². The highest BCUT2D eigenvalue weighted by Crippen LogP contribution is 2.28. The van der Waals surface area contributed by atoms with Crippen LogP contribution in [-0.2, 0) is 11.2 Å². The van der Waals surface area contributed by atoms with Crippen LogP contribution < -0.4 is 10.2 Å². The Morgan fingerprint density at radius 1 is 1.12 bits per heavy atom. The van der Waals surface area contributed by atoms with Crippen molar-refractivity contribution < 1.29 is 9.18 Å². The molecule has 6 heteroatoms. The summed E-state index contributed by atoms with van der Waals surface area (Å²) < 4.78 is 13.8. The summed E-state index contributed by atoms with van der Waals surface area (Å²) in [5.74, 6) is 0.289. The van der Waals surface area contributed by atoms with Crippen molar-refractivity contribution in [2.75, 3.05) is 23.3 Å². The average molecular weight is 322 g/mol. The second kappa shape index (κ2) is 5.88. The number of anilines is 2. The van der Waals surface area contributed by atoms with Crippen molar-refractivity contribution in [3.8, 4) is 0 Å². The monoisotopic (exact) mass is 322 g/mol. The van der Waals surface area contributed by atoms with E-state index in [2.05, 4.69) is 15.3 Å². The Morgan fingerprint density at radius 2 is 2.00 bits per heavy atom. The highest BCUT2D eigenvalue weighted by molar-refractivity contribution is 6.01. The fourth-order valence-corrected chi connectivity index (χ4v) is 3.04.